The summed E-state index contributed by atoms with van der Waals surface area (Å²) < 4.78 is 36.3. The zero-order valence-corrected chi connectivity index (χ0v) is 17.2. The summed E-state index contributed by atoms with van der Waals surface area (Å²) in [5.74, 6) is -1.51. The predicted molar refractivity (Wildman–Crippen MR) is 93.9 cm³/mol. The van der Waals surface area contributed by atoms with Gasteiger partial charge < -0.3 is 28.4 Å². The van der Waals surface area contributed by atoms with Crippen molar-refractivity contribution in [2.24, 2.45) is 0 Å². The summed E-state index contributed by atoms with van der Waals surface area (Å²) in [5, 5.41) is 0. The molecule has 0 aromatic carbocycles. The predicted octanol–water partition coefficient (Wildman–Crippen LogP) is 2.39. The molecule has 4 rings (SSSR count). The van der Waals surface area contributed by atoms with Crippen LogP contribution in [0, 0.1) is 0 Å². The summed E-state index contributed by atoms with van der Waals surface area (Å²) in [6.45, 7) is 13.9. The molecule has 4 saturated heterocycles. The average Bonchev–Trinajstić information content (AvgIpc) is 3.14. The minimum atomic E-state index is -1.01. The van der Waals surface area contributed by atoms with E-state index in [-0.39, 0.29) is 18.3 Å². The molecule has 0 aromatic rings. The first-order valence-electron chi connectivity index (χ1n) is 9.69. The zero-order chi connectivity index (χ0) is 19.8. The summed E-state index contributed by atoms with van der Waals surface area (Å²) >= 11 is 0. The Bertz CT molecular complexity index is 628. The van der Waals surface area contributed by atoms with Crippen LogP contribution in [0.2, 0.25) is 0 Å². The fourth-order valence-electron chi connectivity index (χ4n) is 4.57. The Hall–Kier alpha value is -0.930. The number of amides is 1. The van der Waals surface area contributed by atoms with Crippen LogP contribution in [0.3, 0.4) is 0 Å². The lowest BCUT2D eigenvalue weighted by atomic mass is 9.98. The van der Waals surface area contributed by atoms with E-state index in [0.717, 1.165) is 0 Å². The molecule has 4 fully saturated rings. The highest BCUT2D eigenvalue weighted by Crippen LogP contribution is 2.54. The normalized spacial score (nSPS) is 42.3. The van der Waals surface area contributed by atoms with Crippen LogP contribution in [0.4, 0.5) is 4.79 Å². The smallest absolute Gasteiger partial charge is 0.412 e. The van der Waals surface area contributed by atoms with Crippen LogP contribution in [0.15, 0.2) is 0 Å². The zero-order valence-electron chi connectivity index (χ0n) is 17.2. The molecule has 1 spiro atoms. The molecule has 0 saturated carbocycles. The van der Waals surface area contributed by atoms with Crippen molar-refractivity contribution in [1.29, 1.82) is 0 Å². The quantitative estimate of drug-likeness (QED) is 0.686. The van der Waals surface area contributed by atoms with Crippen molar-refractivity contribution >= 4 is 6.09 Å². The second-order valence-corrected chi connectivity index (χ2v) is 9.67. The molecule has 0 aromatic heterocycles. The first-order valence-corrected chi connectivity index (χ1v) is 9.69. The Kier molecular flexibility index (Phi) is 4.16. The summed E-state index contributed by atoms with van der Waals surface area (Å²) in [5.41, 5.74) is -1.60. The first-order chi connectivity index (χ1) is 12.3. The highest BCUT2D eigenvalue weighted by molar-refractivity contribution is 5.70. The van der Waals surface area contributed by atoms with Gasteiger partial charge in [0.15, 0.2) is 11.6 Å². The second kappa shape index (κ2) is 5.79. The summed E-state index contributed by atoms with van der Waals surface area (Å²) in [6.07, 6.45) is -1.20. The van der Waals surface area contributed by atoms with Gasteiger partial charge in [-0.3, -0.25) is 4.90 Å². The molecule has 0 aliphatic carbocycles. The van der Waals surface area contributed by atoms with E-state index in [9.17, 15) is 4.79 Å². The van der Waals surface area contributed by atoms with Crippen LogP contribution in [0.5, 0.6) is 0 Å². The molecule has 4 aliphatic heterocycles. The maximum Gasteiger partial charge on any atom is 0.412 e. The molecular formula is C19H31NO7. The third-order valence-electron chi connectivity index (χ3n) is 5.36. The van der Waals surface area contributed by atoms with Gasteiger partial charge in [0.2, 0.25) is 5.72 Å². The maximum absolute atomic E-state index is 12.9. The molecule has 0 unspecified atom stereocenters. The van der Waals surface area contributed by atoms with Gasteiger partial charge in [-0.2, -0.15) is 0 Å². The van der Waals surface area contributed by atoms with Gasteiger partial charge in [-0.15, -0.1) is 0 Å². The Morgan fingerprint density at radius 1 is 1.11 bits per heavy atom. The third-order valence-corrected chi connectivity index (χ3v) is 5.36. The van der Waals surface area contributed by atoms with Crippen LogP contribution in [0.1, 0.15) is 54.9 Å². The van der Waals surface area contributed by atoms with Crippen molar-refractivity contribution in [3.05, 3.63) is 0 Å². The molecule has 0 radical (unpaired) electrons. The minimum Gasteiger partial charge on any atom is -0.444 e. The topological polar surface area (TPSA) is 75.7 Å². The van der Waals surface area contributed by atoms with E-state index in [2.05, 4.69) is 0 Å². The van der Waals surface area contributed by atoms with Gasteiger partial charge in [0.25, 0.3) is 0 Å². The molecule has 1 amide bonds. The molecule has 27 heavy (non-hydrogen) atoms. The van der Waals surface area contributed by atoms with E-state index in [1.165, 1.54) is 0 Å². The van der Waals surface area contributed by atoms with Gasteiger partial charge >= 0.3 is 6.09 Å². The lowest BCUT2D eigenvalue weighted by molar-refractivity contribution is -0.227. The molecule has 4 aliphatic rings. The van der Waals surface area contributed by atoms with E-state index >= 15 is 0 Å². The van der Waals surface area contributed by atoms with Gasteiger partial charge in [-0.1, -0.05) is 0 Å². The number of carbonyl (C=O) groups excluding carboxylic acids is 1. The number of nitrogens with zero attached hydrogens (tertiary/aromatic N) is 1. The van der Waals surface area contributed by atoms with Crippen LogP contribution in [-0.4, -0.2) is 71.5 Å². The van der Waals surface area contributed by atoms with E-state index in [1.807, 2.05) is 48.5 Å². The number of rotatable bonds is 1. The van der Waals surface area contributed by atoms with Crippen molar-refractivity contribution in [3.63, 3.8) is 0 Å². The molecule has 8 nitrogen and oxygen atoms in total. The molecule has 5 atom stereocenters. The molecule has 8 heteroatoms. The molecule has 4 heterocycles. The first kappa shape index (κ1) is 19.4. The highest BCUT2D eigenvalue weighted by atomic mass is 16.8. The lowest BCUT2D eigenvalue weighted by Crippen LogP contribution is -2.59. The Morgan fingerprint density at radius 3 is 2.41 bits per heavy atom. The number of carbonyl (C=O) groups is 1. The average molecular weight is 385 g/mol. The Morgan fingerprint density at radius 2 is 1.81 bits per heavy atom. The molecule has 0 N–H and O–H groups in total. The summed E-state index contributed by atoms with van der Waals surface area (Å²) in [7, 11) is 0. The fourth-order valence-corrected chi connectivity index (χ4v) is 4.57. The standard InChI is InChI=1S/C19H31NO7/c1-16(2,3)26-15(21)20-9-8-12-19(20)14(25-18(6,7)27-19)13(23-12)11-10-22-17(4,5)24-11/h11-14H,8-10H2,1-7H3/t11-,12+,13+,14-,19+/m0/s1. The van der Waals surface area contributed by atoms with E-state index in [1.54, 1.807) is 4.90 Å². The van der Waals surface area contributed by atoms with Crippen molar-refractivity contribution in [1.82, 2.24) is 4.90 Å². The van der Waals surface area contributed by atoms with Crippen molar-refractivity contribution < 1.29 is 33.2 Å². The Labute approximate surface area is 160 Å². The van der Waals surface area contributed by atoms with Gasteiger partial charge in [-0.05, 0) is 54.9 Å². The Balaban J connectivity index is 1.64. The van der Waals surface area contributed by atoms with Crippen LogP contribution >= 0.6 is 0 Å². The van der Waals surface area contributed by atoms with Gasteiger partial charge in [0, 0.05) is 6.54 Å². The SMILES string of the molecule is CC(C)(C)OC(=O)N1CC[C@H]2O[C@H]([C@@H]3COC(C)(C)O3)[C@@H]3OC(C)(C)O[C@]231. The summed E-state index contributed by atoms with van der Waals surface area (Å²) in [6, 6.07) is 0. The second-order valence-electron chi connectivity index (χ2n) is 9.67. The van der Waals surface area contributed by atoms with Crippen molar-refractivity contribution in [2.75, 3.05) is 13.2 Å². The molecule has 0 bridgehead atoms. The minimum absolute atomic E-state index is 0.287. The molecular weight excluding hydrogens is 354 g/mol. The third kappa shape index (κ3) is 3.15. The largest absolute Gasteiger partial charge is 0.444 e. The van der Waals surface area contributed by atoms with Gasteiger partial charge in [0.05, 0.1) is 6.61 Å². The number of ether oxygens (including phenoxy) is 6. The highest BCUT2D eigenvalue weighted by Gasteiger charge is 2.74. The van der Waals surface area contributed by atoms with Gasteiger partial charge in [-0.25, -0.2) is 4.79 Å². The van der Waals surface area contributed by atoms with Gasteiger partial charge in [0.1, 0.15) is 30.0 Å². The monoisotopic (exact) mass is 385 g/mol. The number of hydrogen-bond acceptors (Lipinski definition) is 7. The fraction of sp³-hybridized carbons (Fsp3) is 0.947. The number of likely N-dealkylation sites (tertiary alicyclic amines) is 1. The van der Waals surface area contributed by atoms with Crippen LogP contribution in [0.25, 0.3) is 0 Å². The van der Waals surface area contributed by atoms with E-state index in [4.69, 9.17) is 28.4 Å². The number of hydrogen-bond donors (Lipinski definition) is 0. The van der Waals surface area contributed by atoms with Crippen LogP contribution in [-0.2, 0) is 28.4 Å². The van der Waals surface area contributed by atoms with Crippen molar-refractivity contribution in [2.45, 2.75) is 102 Å². The lowest BCUT2D eigenvalue weighted by Gasteiger charge is -2.37. The maximum atomic E-state index is 12.9. The van der Waals surface area contributed by atoms with Crippen LogP contribution < -0.4 is 0 Å². The van der Waals surface area contributed by atoms with E-state index < -0.39 is 35.1 Å². The van der Waals surface area contributed by atoms with Crippen molar-refractivity contribution in [3.8, 4) is 0 Å². The summed E-state index contributed by atoms with van der Waals surface area (Å²) in [4.78, 5) is 14.6. The van der Waals surface area contributed by atoms with E-state index in [0.29, 0.717) is 19.6 Å². The molecule has 154 valence electrons.